The highest BCUT2D eigenvalue weighted by Crippen LogP contribution is 2.14. The van der Waals surface area contributed by atoms with Crippen molar-refractivity contribution in [3.05, 3.63) is 34.7 Å². The number of nitrogens with zero attached hydrogens (tertiary/aromatic N) is 4. The molecule has 2 aromatic rings. The van der Waals surface area contributed by atoms with E-state index < -0.39 is 0 Å². The molecule has 22 heavy (non-hydrogen) atoms. The first-order valence-electron chi connectivity index (χ1n) is 7.04. The van der Waals surface area contributed by atoms with Gasteiger partial charge in [0.25, 0.3) is 0 Å². The van der Waals surface area contributed by atoms with E-state index in [0.717, 1.165) is 12.1 Å². The Kier molecular flexibility index (Phi) is 5.43. The van der Waals surface area contributed by atoms with Crippen LogP contribution in [0.4, 0.5) is 4.79 Å². The molecule has 0 fully saturated rings. The molecule has 0 aromatic carbocycles. The highest BCUT2D eigenvalue weighted by Gasteiger charge is 2.11. The normalized spacial score (nSPS) is 10.7. The molecular weight excluding hydrogens is 306 g/mol. The monoisotopic (exact) mass is 325 g/mol. The summed E-state index contributed by atoms with van der Waals surface area (Å²) in [5, 5.41) is 7.25. The van der Waals surface area contributed by atoms with Crippen LogP contribution in [0.5, 0.6) is 0 Å². The lowest BCUT2D eigenvalue weighted by atomic mass is 10.3. The van der Waals surface area contributed by atoms with Crippen LogP contribution in [0.2, 0.25) is 5.02 Å². The lowest BCUT2D eigenvalue weighted by molar-refractivity contribution is 0.205. The van der Waals surface area contributed by atoms with Crippen LogP contribution in [0.15, 0.2) is 16.8 Å². The molecule has 0 radical (unpaired) electrons. The van der Waals surface area contributed by atoms with E-state index in [4.69, 9.17) is 16.1 Å². The van der Waals surface area contributed by atoms with Crippen LogP contribution in [0.25, 0.3) is 0 Å². The van der Waals surface area contributed by atoms with Gasteiger partial charge in [0.1, 0.15) is 0 Å². The zero-order valence-electron chi connectivity index (χ0n) is 13.0. The molecule has 2 amide bonds. The van der Waals surface area contributed by atoms with Crippen molar-refractivity contribution in [2.45, 2.75) is 26.3 Å². The van der Waals surface area contributed by atoms with Crippen LogP contribution in [0.1, 0.15) is 23.8 Å². The van der Waals surface area contributed by atoms with Gasteiger partial charge in [-0.2, -0.15) is 4.98 Å². The zero-order chi connectivity index (χ0) is 16.1. The molecule has 2 rings (SSSR count). The maximum absolute atomic E-state index is 12.0. The van der Waals surface area contributed by atoms with Crippen molar-refractivity contribution in [1.29, 1.82) is 0 Å². The minimum Gasteiger partial charge on any atom is -0.351 e. The third-order valence-corrected chi connectivity index (χ3v) is 3.44. The number of hydrogen-bond donors (Lipinski definition) is 1. The van der Waals surface area contributed by atoms with Crippen LogP contribution in [-0.2, 0) is 20.0 Å². The van der Waals surface area contributed by atoms with Crippen molar-refractivity contribution in [1.82, 2.24) is 24.9 Å². The Morgan fingerprint density at radius 1 is 1.55 bits per heavy atom. The lowest BCUT2D eigenvalue weighted by Crippen LogP contribution is -2.37. The molecule has 7 nitrogen and oxygen atoms in total. The van der Waals surface area contributed by atoms with Gasteiger partial charge in [0.15, 0.2) is 5.82 Å². The number of carbonyl (C=O) groups is 1. The first-order chi connectivity index (χ1) is 10.5. The van der Waals surface area contributed by atoms with E-state index in [1.54, 1.807) is 18.9 Å². The summed E-state index contributed by atoms with van der Waals surface area (Å²) in [5.74, 6) is 1.22. The number of hydrogen-bond acceptors (Lipinski definition) is 4. The van der Waals surface area contributed by atoms with Crippen molar-refractivity contribution < 1.29 is 9.32 Å². The highest BCUT2D eigenvalue weighted by molar-refractivity contribution is 6.30. The summed E-state index contributed by atoms with van der Waals surface area (Å²) in [7, 11) is 3.65. The lowest BCUT2D eigenvalue weighted by Gasteiger charge is -2.18. The maximum Gasteiger partial charge on any atom is 0.317 e. The summed E-state index contributed by atoms with van der Waals surface area (Å²) in [5.41, 5.74) is 0.976. The predicted octanol–water partition coefficient (Wildman–Crippen LogP) is 2.14. The van der Waals surface area contributed by atoms with Crippen molar-refractivity contribution in [2.24, 2.45) is 7.05 Å². The number of amides is 2. The quantitative estimate of drug-likeness (QED) is 0.826. The molecule has 0 atom stereocenters. The van der Waals surface area contributed by atoms with E-state index in [-0.39, 0.29) is 6.03 Å². The van der Waals surface area contributed by atoms with Crippen molar-refractivity contribution in [3.63, 3.8) is 0 Å². The van der Waals surface area contributed by atoms with Gasteiger partial charge < -0.3 is 19.3 Å². The number of rotatable bonds is 6. The Bertz CT molecular complexity index is 637. The van der Waals surface area contributed by atoms with E-state index in [1.807, 2.05) is 23.9 Å². The van der Waals surface area contributed by atoms with Gasteiger partial charge in [0.2, 0.25) is 5.89 Å². The summed E-state index contributed by atoms with van der Waals surface area (Å²) in [6.07, 6.45) is 3.21. The van der Waals surface area contributed by atoms with Crippen LogP contribution in [0.3, 0.4) is 0 Å². The number of halogens is 1. The van der Waals surface area contributed by atoms with Gasteiger partial charge in [-0.25, -0.2) is 4.79 Å². The molecule has 0 aliphatic rings. The summed E-state index contributed by atoms with van der Waals surface area (Å²) < 4.78 is 6.92. The molecule has 0 bridgehead atoms. The Hall–Kier alpha value is -2.02. The van der Waals surface area contributed by atoms with Gasteiger partial charge in [-0.3, -0.25) is 0 Å². The maximum atomic E-state index is 12.0. The summed E-state index contributed by atoms with van der Waals surface area (Å²) >= 11 is 5.93. The number of aromatic nitrogens is 3. The van der Waals surface area contributed by atoms with Crippen molar-refractivity contribution in [2.75, 3.05) is 13.6 Å². The van der Waals surface area contributed by atoms with Gasteiger partial charge in [-0.1, -0.05) is 16.8 Å². The van der Waals surface area contributed by atoms with E-state index in [1.165, 1.54) is 0 Å². The van der Waals surface area contributed by atoms with E-state index in [2.05, 4.69) is 15.5 Å². The summed E-state index contributed by atoms with van der Waals surface area (Å²) in [6, 6.07) is 1.72. The number of aryl methyl sites for hydroxylation is 3. The molecule has 0 saturated carbocycles. The first-order valence-corrected chi connectivity index (χ1v) is 7.42. The van der Waals surface area contributed by atoms with Crippen molar-refractivity contribution >= 4 is 17.6 Å². The van der Waals surface area contributed by atoms with Crippen molar-refractivity contribution in [3.8, 4) is 0 Å². The highest BCUT2D eigenvalue weighted by atomic mass is 35.5. The van der Waals surface area contributed by atoms with Crippen LogP contribution < -0.4 is 5.32 Å². The Morgan fingerprint density at radius 3 is 2.91 bits per heavy atom. The number of nitrogens with one attached hydrogen (secondary N) is 1. The smallest absolute Gasteiger partial charge is 0.317 e. The largest absolute Gasteiger partial charge is 0.351 e. The van der Waals surface area contributed by atoms with Gasteiger partial charge in [0.05, 0.1) is 11.6 Å². The number of urea groups is 1. The van der Waals surface area contributed by atoms with Gasteiger partial charge in [-0.05, 0) is 19.4 Å². The molecule has 0 aliphatic carbocycles. The first kappa shape index (κ1) is 16.4. The summed E-state index contributed by atoms with van der Waals surface area (Å²) in [6.45, 7) is 2.83. The zero-order valence-corrected chi connectivity index (χ0v) is 13.7. The molecule has 0 saturated heterocycles. The van der Waals surface area contributed by atoms with E-state index in [9.17, 15) is 4.79 Å². The van der Waals surface area contributed by atoms with Gasteiger partial charge >= 0.3 is 6.03 Å². The Balaban J connectivity index is 1.71. The minimum absolute atomic E-state index is 0.126. The fraction of sp³-hybridized carbons (Fsp3) is 0.500. The van der Waals surface area contributed by atoms with Gasteiger partial charge in [-0.15, -0.1) is 0 Å². The average Bonchev–Trinajstić information content (AvgIpc) is 3.00. The third kappa shape index (κ3) is 4.49. The molecule has 2 heterocycles. The second-order valence-corrected chi connectivity index (χ2v) is 5.62. The molecule has 0 unspecified atom stereocenters. The molecular formula is C14H20ClN5O2. The van der Waals surface area contributed by atoms with Crippen LogP contribution in [0, 0.1) is 6.92 Å². The van der Waals surface area contributed by atoms with Crippen LogP contribution in [-0.4, -0.2) is 39.2 Å². The fourth-order valence-electron chi connectivity index (χ4n) is 2.05. The predicted molar refractivity (Wildman–Crippen MR) is 82.6 cm³/mol. The minimum atomic E-state index is -0.126. The molecule has 0 spiro atoms. The van der Waals surface area contributed by atoms with E-state index in [0.29, 0.717) is 36.2 Å². The summed E-state index contributed by atoms with van der Waals surface area (Å²) in [4.78, 5) is 17.7. The Morgan fingerprint density at radius 2 is 2.32 bits per heavy atom. The second-order valence-electron chi connectivity index (χ2n) is 5.19. The second kappa shape index (κ2) is 7.31. The Labute approximate surface area is 134 Å². The van der Waals surface area contributed by atoms with Gasteiger partial charge in [0, 0.05) is 39.0 Å². The fourth-order valence-corrected chi connectivity index (χ4v) is 2.32. The molecule has 8 heteroatoms. The van der Waals surface area contributed by atoms with Crippen LogP contribution >= 0.6 is 11.6 Å². The molecule has 0 aliphatic heterocycles. The SMILES string of the molecule is Cc1noc(CCCNC(=O)N(C)Cc2cc(Cl)cn2C)n1. The standard InChI is InChI=1S/C14H20ClN5O2/c1-10-17-13(22-18-10)5-4-6-16-14(21)20(3)9-12-7-11(15)8-19(12)2/h7-8H,4-6,9H2,1-3H3,(H,16,21). The molecule has 1 N–H and O–H groups in total. The molecule has 120 valence electrons. The third-order valence-electron chi connectivity index (χ3n) is 3.23. The number of carbonyl (C=O) groups excluding carboxylic acids is 1. The topological polar surface area (TPSA) is 76.2 Å². The van der Waals surface area contributed by atoms with E-state index >= 15 is 0 Å². The molecule has 2 aromatic heterocycles. The average molecular weight is 326 g/mol.